The van der Waals surface area contributed by atoms with Crippen molar-refractivity contribution in [2.45, 2.75) is 18.9 Å². The van der Waals surface area contributed by atoms with Gasteiger partial charge in [0.25, 0.3) is 0 Å². The molecule has 1 atom stereocenters. The lowest BCUT2D eigenvalue weighted by molar-refractivity contribution is -0.148. The molecule has 0 aliphatic heterocycles. The molecule has 0 bridgehead atoms. The van der Waals surface area contributed by atoms with Crippen LogP contribution in [0.5, 0.6) is 0 Å². The van der Waals surface area contributed by atoms with Crippen molar-refractivity contribution < 1.29 is 14.3 Å². The molecule has 5 heteroatoms. The average molecular weight is 286 g/mol. The molecule has 21 heavy (non-hydrogen) atoms. The predicted octanol–water partition coefficient (Wildman–Crippen LogP) is 1.70. The van der Waals surface area contributed by atoms with Crippen molar-refractivity contribution in [3.63, 3.8) is 0 Å². The van der Waals surface area contributed by atoms with Gasteiger partial charge in [0, 0.05) is 24.5 Å². The molecule has 0 saturated heterocycles. The summed E-state index contributed by atoms with van der Waals surface area (Å²) in [6.07, 6.45) is 4.80. The number of hydrogen-bond acceptors (Lipinski definition) is 3. The van der Waals surface area contributed by atoms with Gasteiger partial charge in [-0.05, 0) is 36.8 Å². The highest BCUT2D eigenvalue weighted by Crippen LogP contribution is 2.17. The summed E-state index contributed by atoms with van der Waals surface area (Å²) in [5, 5.41) is 2.54. The van der Waals surface area contributed by atoms with E-state index in [1.807, 2.05) is 53.4 Å². The number of methoxy groups -OCH3 is 1. The maximum atomic E-state index is 11.8. The van der Waals surface area contributed by atoms with Crippen molar-refractivity contribution >= 4 is 12.4 Å². The van der Waals surface area contributed by atoms with Crippen LogP contribution in [0.25, 0.3) is 5.69 Å². The first kappa shape index (κ1) is 14.8. The summed E-state index contributed by atoms with van der Waals surface area (Å²) in [7, 11) is 1.31. The number of carbonyl (C=O) groups excluding carboxylic acids is 2. The van der Waals surface area contributed by atoms with Gasteiger partial charge in [-0.2, -0.15) is 0 Å². The second-order valence-corrected chi connectivity index (χ2v) is 5.02. The van der Waals surface area contributed by atoms with Crippen LogP contribution in [0, 0.1) is 0 Å². The molecule has 0 saturated carbocycles. The molecule has 1 aromatic carbocycles. The molecular weight excluding hydrogens is 268 g/mol. The molecule has 1 amide bonds. The molecule has 0 aliphatic rings. The Kier molecular flexibility index (Phi) is 4.42. The Hall–Kier alpha value is -2.56. The highest BCUT2D eigenvalue weighted by molar-refractivity contribution is 5.83. The fourth-order valence-corrected chi connectivity index (χ4v) is 2.24. The first-order valence-corrected chi connectivity index (χ1v) is 6.61. The minimum absolute atomic E-state index is 0.365. The lowest BCUT2D eigenvalue weighted by atomic mass is 9.93. The minimum Gasteiger partial charge on any atom is -0.467 e. The van der Waals surface area contributed by atoms with E-state index in [9.17, 15) is 9.59 Å². The van der Waals surface area contributed by atoms with Gasteiger partial charge in [-0.1, -0.05) is 12.1 Å². The summed E-state index contributed by atoms with van der Waals surface area (Å²) < 4.78 is 6.75. The van der Waals surface area contributed by atoms with Crippen molar-refractivity contribution in [3.05, 3.63) is 54.4 Å². The van der Waals surface area contributed by atoms with Gasteiger partial charge >= 0.3 is 5.97 Å². The maximum absolute atomic E-state index is 11.8. The monoisotopic (exact) mass is 286 g/mol. The van der Waals surface area contributed by atoms with E-state index in [1.54, 1.807) is 6.92 Å². The Balaban J connectivity index is 2.18. The number of benzene rings is 1. The molecular formula is C16H18N2O3. The smallest absolute Gasteiger partial charge is 0.331 e. The van der Waals surface area contributed by atoms with Gasteiger partial charge in [-0.15, -0.1) is 0 Å². The number of hydrogen-bond donors (Lipinski definition) is 1. The molecule has 1 N–H and O–H groups in total. The third kappa shape index (κ3) is 3.31. The Bertz CT molecular complexity index is 605. The molecule has 0 radical (unpaired) electrons. The van der Waals surface area contributed by atoms with E-state index in [4.69, 9.17) is 4.74 Å². The van der Waals surface area contributed by atoms with Crippen LogP contribution in [-0.2, 0) is 20.7 Å². The first-order valence-electron chi connectivity index (χ1n) is 6.61. The number of rotatable bonds is 6. The summed E-state index contributed by atoms with van der Waals surface area (Å²) in [4.78, 5) is 22.6. The second-order valence-electron chi connectivity index (χ2n) is 5.02. The van der Waals surface area contributed by atoms with E-state index in [0.29, 0.717) is 12.8 Å². The zero-order chi connectivity index (χ0) is 15.3. The fraction of sp³-hybridized carbons (Fsp3) is 0.250. The van der Waals surface area contributed by atoms with E-state index in [-0.39, 0.29) is 0 Å². The normalized spacial score (nSPS) is 13.2. The van der Waals surface area contributed by atoms with Crippen LogP contribution in [0.2, 0.25) is 0 Å². The number of aromatic nitrogens is 1. The molecule has 2 aromatic rings. The largest absolute Gasteiger partial charge is 0.467 e. The number of nitrogens with zero attached hydrogens (tertiary/aromatic N) is 1. The lowest BCUT2D eigenvalue weighted by Crippen LogP contribution is -2.51. The van der Waals surface area contributed by atoms with Gasteiger partial charge in [0.1, 0.15) is 5.54 Å². The Morgan fingerprint density at radius 2 is 1.90 bits per heavy atom. The zero-order valence-corrected chi connectivity index (χ0v) is 12.1. The van der Waals surface area contributed by atoms with Gasteiger partial charge in [0.2, 0.25) is 6.41 Å². The minimum atomic E-state index is -1.06. The van der Waals surface area contributed by atoms with E-state index in [0.717, 1.165) is 11.3 Å². The standard InChI is InChI=1S/C16H18N2O3/c1-16(17-12-19,15(20)21-2)11-13-5-7-14(8-6-13)18-9-3-4-10-18/h3-10,12H,11H2,1-2H3,(H,17,19)/t16-/m1/s1. The summed E-state index contributed by atoms with van der Waals surface area (Å²) in [5.41, 5.74) is 0.908. The maximum Gasteiger partial charge on any atom is 0.331 e. The summed E-state index contributed by atoms with van der Waals surface area (Å²) in [5.74, 6) is -0.468. The summed E-state index contributed by atoms with van der Waals surface area (Å²) in [6.45, 7) is 1.65. The molecule has 0 unspecified atom stereocenters. The van der Waals surface area contributed by atoms with E-state index >= 15 is 0 Å². The van der Waals surface area contributed by atoms with E-state index in [1.165, 1.54) is 7.11 Å². The Labute approximate surface area is 123 Å². The fourth-order valence-electron chi connectivity index (χ4n) is 2.24. The van der Waals surface area contributed by atoms with Gasteiger partial charge in [-0.25, -0.2) is 4.79 Å². The summed E-state index contributed by atoms with van der Waals surface area (Å²) >= 11 is 0. The van der Waals surface area contributed by atoms with Crippen LogP contribution >= 0.6 is 0 Å². The van der Waals surface area contributed by atoms with Crippen molar-refractivity contribution in [1.82, 2.24) is 9.88 Å². The number of carbonyl (C=O) groups is 2. The molecule has 0 fully saturated rings. The van der Waals surface area contributed by atoms with Gasteiger partial charge in [0.15, 0.2) is 0 Å². The molecule has 1 aromatic heterocycles. The highest BCUT2D eigenvalue weighted by Gasteiger charge is 2.34. The van der Waals surface area contributed by atoms with Crippen LogP contribution in [-0.4, -0.2) is 29.6 Å². The lowest BCUT2D eigenvalue weighted by Gasteiger charge is -2.26. The SMILES string of the molecule is COC(=O)[C@@](C)(Cc1ccc(-n2cccc2)cc1)NC=O. The van der Waals surface area contributed by atoms with Crippen molar-refractivity contribution in [2.75, 3.05) is 7.11 Å². The molecule has 110 valence electrons. The van der Waals surface area contributed by atoms with E-state index in [2.05, 4.69) is 5.32 Å². The zero-order valence-electron chi connectivity index (χ0n) is 12.1. The molecule has 0 aliphatic carbocycles. The van der Waals surface area contributed by atoms with Gasteiger partial charge in [-0.3, -0.25) is 4.79 Å². The molecule has 5 nitrogen and oxygen atoms in total. The second kappa shape index (κ2) is 6.26. The Morgan fingerprint density at radius 1 is 1.29 bits per heavy atom. The van der Waals surface area contributed by atoms with Crippen LogP contribution in [0.3, 0.4) is 0 Å². The molecule has 2 rings (SSSR count). The van der Waals surface area contributed by atoms with E-state index < -0.39 is 11.5 Å². The van der Waals surface area contributed by atoms with Crippen molar-refractivity contribution in [3.8, 4) is 5.69 Å². The van der Waals surface area contributed by atoms with Gasteiger partial charge in [0.05, 0.1) is 7.11 Å². The van der Waals surface area contributed by atoms with Crippen molar-refractivity contribution in [1.29, 1.82) is 0 Å². The van der Waals surface area contributed by atoms with Gasteiger partial charge < -0.3 is 14.6 Å². The first-order chi connectivity index (χ1) is 10.1. The van der Waals surface area contributed by atoms with Crippen LogP contribution < -0.4 is 5.32 Å². The van der Waals surface area contributed by atoms with Crippen molar-refractivity contribution in [2.24, 2.45) is 0 Å². The third-order valence-corrected chi connectivity index (χ3v) is 3.41. The molecule has 1 heterocycles. The predicted molar refractivity (Wildman–Crippen MR) is 79.1 cm³/mol. The number of ether oxygens (including phenoxy) is 1. The summed E-state index contributed by atoms with van der Waals surface area (Å²) in [6, 6.07) is 11.7. The van der Waals surface area contributed by atoms with Crippen LogP contribution in [0.1, 0.15) is 12.5 Å². The number of amides is 1. The number of nitrogens with one attached hydrogen (secondary N) is 1. The van der Waals surface area contributed by atoms with Crippen LogP contribution in [0.4, 0.5) is 0 Å². The Morgan fingerprint density at radius 3 is 2.43 bits per heavy atom. The quantitative estimate of drug-likeness (QED) is 0.649. The third-order valence-electron chi connectivity index (χ3n) is 3.41. The number of esters is 1. The average Bonchev–Trinajstić information content (AvgIpc) is 3.01. The molecule has 0 spiro atoms. The topological polar surface area (TPSA) is 60.3 Å². The highest BCUT2D eigenvalue weighted by atomic mass is 16.5. The van der Waals surface area contributed by atoms with Crippen LogP contribution in [0.15, 0.2) is 48.8 Å².